The van der Waals surface area contributed by atoms with Crippen molar-refractivity contribution in [2.45, 2.75) is 50.6 Å². The van der Waals surface area contributed by atoms with E-state index in [4.69, 9.17) is 33.1 Å². The van der Waals surface area contributed by atoms with Gasteiger partial charge in [0, 0.05) is 0 Å². The third-order valence-corrected chi connectivity index (χ3v) is 2.57. The fourth-order valence-electron chi connectivity index (χ4n) is 1.26. The number of hydrogen-bond donors (Lipinski definition) is 6. The summed E-state index contributed by atoms with van der Waals surface area (Å²) in [6.07, 6.45) is 4.33. The van der Waals surface area contributed by atoms with Gasteiger partial charge in [0.25, 0.3) is 0 Å². The lowest BCUT2D eigenvalue weighted by atomic mass is 10.1. The molecule has 0 aliphatic rings. The van der Waals surface area contributed by atoms with Crippen molar-refractivity contribution in [3.63, 3.8) is 0 Å². The Morgan fingerprint density at radius 1 is 0.762 bits per heavy atom. The van der Waals surface area contributed by atoms with Crippen molar-refractivity contribution in [2.24, 2.45) is 22.9 Å². The molecule has 128 valence electrons. The molecule has 2 atom stereocenters. The zero-order valence-corrected chi connectivity index (χ0v) is 12.3. The van der Waals surface area contributed by atoms with Crippen LogP contribution in [0.1, 0.15) is 38.5 Å². The van der Waals surface area contributed by atoms with Gasteiger partial charge in [-0.3, -0.25) is 9.59 Å². The summed E-state index contributed by atoms with van der Waals surface area (Å²) < 4.78 is 0. The molecule has 0 aliphatic heterocycles. The van der Waals surface area contributed by atoms with Gasteiger partial charge in [-0.25, -0.2) is 0 Å². The molecule has 0 amide bonds. The van der Waals surface area contributed by atoms with Crippen LogP contribution in [-0.4, -0.2) is 52.8 Å². The van der Waals surface area contributed by atoms with Crippen LogP contribution in [0.4, 0.5) is 0 Å². The molecular weight excluding hydrogens is 280 g/mol. The molecule has 0 aromatic carbocycles. The number of aliphatic carboxylic acids is 2. The minimum atomic E-state index is -0.933. The zero-order chi connectivity index (χ0) is 16.0. The van der Waals surface area contributed by atoms with Gasteiger partial charge in [0.1, 0.15) is 12.1 Å². The Morgan fingerprint density at radius 2 is 1.05 bits per heavy atom. The van der Waals surface area contributed by atoms with E-state index < -0.39 is 24.0 Å². The largest absolute Gasteiger partial charge is 0.480 e. The first-order valence-electron chi connectivity index (χ1n) is 6.73. The van der Waals surface area contributed by atoms with Crippen LogP contribution in [0.15, 0.2) is 0 Å². The monoisotopic (exact) mass is 310 g/mol. The van der Waals surface area contributed by atoms with Gasteiger partial charge in [-0.15, -0.1) is 0 Å². The third-order valence-electron chi connectivity index (χ3n) is 2.57. The minimum absolute atomic E-state index is 0. The average molecular weight is 310 g/mol. The van der Waals surface area contributed by atoms with E-state index in [1.807, 2.05) is 0 Å². The second-order valence-electron chi connectivity index (χ2n) is 4.46. The number of carbonyl (C=O) groups is 2. The molecule has 0 unspecified atom stereocenters. The molecule has 0 aromatic rings. The van der Waals surface area contributed by atoms with Crippen molar-refractivity contribution >= 4 is 11.9 Å². The molecule has 21 heavy (non-hydrogen) atoms. The summed E-state index contributed by atoms with van der Waals surface area (Å²) >= 11 is 0. The van der Waals surface area contributed by atoms with E-state index in [1.165, 1.54) is 0 Å². The fraction of sp³-hybridized carbons (Fsp3) is 0.833. The highest BCUT2D eigenvalue weighted by molar-refractivity contribution is 5.73. The second kappa shape index (κ2) is 16.8. The fourth-order valence-corrected chi connectivity index (χ4v) is 1.26. The van der Waals surface area contributed by atoms with Crippen LogP contribution < -0.4 is 22.9 Å². The second-order valence-corrected chi connectivity index (χ2v) is 4.46. The van der Waals surface area contributed by atoms with E-state index in [0.717, 1.165) is 25.7 Å². The molecule has 0 heterocycles. The summed E-state index contributed by atoms with van der Waals surface area (Å²) in [5.74, 6) is -1.87. The molecule has 0 spiro atoms. The number of carboxylic acid groups (broad SMARTS) is 2. The van der Waals surface area contributed by atoms with Gasteiger partial charge in [-0.2, -0.15) is 0 Å². The molecular formula is C12H30N4O5. The van der Waals surface area contributed by atoms with E-state index in [1.54, 1.807) is 0 Å². The summed E-state index contributed by atoms with van der Waals surface area (Å²) in [5, 5.41) is 16.7. The number of carboxylic acids is 2. The Labute approximate surface area is 125 Å². The van der Waals surface area contributed by atoms with Gasteiger partial charge >= 0.3 is 11.9 Å². The molecule has 0 radical (unpaired) electrons. The predicted octanol–water partition coefficient (Wildman–Crippen LogP) is -1.77. The van der Waals surface area contributed by atoms with E-state index in [0.29, 0.717) is 25.9 Å². The number of rotatable bonds is 10. The molecule has 0 bridgehead atoms. The lowest BCUT2D eigenvalue weighted by molar-refractivity contribution is -0.139. The van der Waals surface area contributed by atoms with Gasteiger partial charge in [-0.1, -0.05) is 12.8 Å². The van der Waals surface area contributed by atoms with Crippen molar-refractivity contribution < 1.29 is 25.3 Å². The van der Waals surface area contributed by atoms with Crippen LogP contribution in [0.25, 0.3) is 0 Å². The molecule has 0 aromatic heterocycles. The molecule has 0 saturated heterocycles. The molecule has 9 nitrogen and oxygen atoms in total. The lowest BCUT2D eigenvalue weighted by Crippen LogP contribution is -2.29. The van der Waals surface area contributed by atoms with Gasteiger partial charge in [0.05, 0.1) is 0 Å². The van der Waals surface area contributed by atoms with Crippen molar-refractivity contribution in [2.75, 3.05) is 13.1 Å². The van der Waals surface area contributed by atoms with Crippen molar-refractivity contribution in [3.8, 4) is 0 Å². The highest BCUT2D eigenvalue weighted by atomic mass is 16.4. The van der Waals surface area contributed by atoms with Crippen molar-refractivity contribution in [1.82, 2.24) is 0 Å². The first kappa shape index (κ1) is 24.7. The Balaban J connectivity index is -0.000000295. The zero-order valence-electron chi connectivity index (χ0n) is 12.3. The average Bonchev–Trinajstić information content (AvgIpc) is 2.39. The summed E-state index contributed by atoms with van der Waals surface area (Å²) in [6.45, 7) is 1.21. The minimum Gasteiger partial charge on any atom is -0.480 e. The summed E-state index contributed by atoms with van der Waals surface area (Å²) in [4.78, 5) is 20.3. The Hall–Kier alpha value is -1.26. The van der Waals surface area contributed by atoms with Gasteiger partial charge in [0.15, 0.2) is 0 Å². The standard InChI is InChI=1S/2C6H14N2O2.H2O/c2*7-4-2-1-3-5(8)6(9)10;/h2*5H,1-4,7-8H2,(H,9,10);1H2/t2*5-;/m00./s1. The third kappa shape index (κ3) is 18.7. The van der Waals surface area contributed by atoms with E-state index in [9.17, 15) is 9.59 Å². The van der Waals surface area contributed by atoms with Crippen LogP contribution in [-0.2, 0) is 9.59 Å². The van der Waals surface area contributed by atoms with Crippen LogP contribution >= 0.6 is 0 Å². The number of unbranched alkanes of at least 4 members (excludes halogenated alkanes) is 2. The highest BCUT2D eigenvalue weighted by Gasteiger charge is 2.09. The van der Waals surface area contributed by atoms with Gasteiger partial charge in [0.2, 0.25) is 0 Å². The first-order chi connectivity index (χ1) is 9.36. The van der Waals surface area contributed by atoms with Crippen LogP contribution in [0.5, 0.6) is 0 Å². The Bertz CT molecular complexity index is 240. The maximum absolute atomic E-state index is 10.1. The lowest BCUT2D eigenvalue weighted by Gasteiger charge is -2.03. The molecule has 12 N–H and O–H groups in total. The van der Waals surface area contributed by atoms with Gasteiger partial charge in [-0.05, 0) is 38.8 Å². The van der Waals surface area contributed by atoms with Crippen LogP contribution in [0.2, 0.25) is 0 Å². The molecule has 9 heteroatoms. The topological polar surface area (TPSA) is 210 Å². The van der Waals surface area contributed by atoms with E-state index in [2.05, 4.69) is 0 Å². The maximum atomic E-state index is 10.1. The van der Waals surface area contributed by atoms with Crippen LogP contribution in [0, 0.1) is 0 Å². The predicted molar refractivity (Wildman–Crippen MR) is 80.6 cm³/mol. The molecule has 0 fully saturated rings. The molecule has 0 rings (SSSR count). The summed E-state index contributed by atoms with van der Waals surface area (Å²) in [6, 6.07) is -1.43. The summed E-state index contributed by atoms with van der Waals surface area (Å²) in [7, 11) is 0. The molecule has 0 saturated carbocycles. The number of hydrogen-bond acceptors (Lipinski definition) is 6. The Kier molecular flexibility index (Phi) is 19.8. The SMILES string of the molecule is NCCCC[C@H](N)C(=O)O.NCCCC[C@H](N)C(=O)O.O. The number of nitrogens with two attached hydrogens (primary N) is 4. The van der Waals surface area contributed by atoms with E-state index in [-0.39, 0.29) is 5.48 Å². The molecule has 0 aliphatic carbocycles. The quantitative estimate of drug-likeness (QED) is 0.253. The normalized spacial score (nSPS) is 12.4. The van der Waals surface area contributed by atoms with E-state index >= 15 is 0 Å². The van der Waals surface area contributed by atoms with Crippen molar-refractivity contribution in [1.29, 1.82) is 0 Å². The smallest absolute Gasteiger partial charge is 0.320 e. The van der Waals surface area contributed by atoms with Crippen LogP contribution in [0.3, 0.4) is 0 Å². The van der Waals surface area contributed by atoms with Crippen molar-refractivity contribution in [3.05, 3.63) is 0 Å². The maximum Gasteiger partial charge on any atom is 0.320 e. The highest BCUT2D eigenvalue weighted by Crippen LogP contribution is 1.97. The Morgan fingerprint density at radius 3 is 1.24 bits per heavy atom. The van der Waals surface area contributed by atoms with Gasteiger partial charge < -0.3 is 38.6 Å². The first-order valence-corrected chi connectivity index (χ1v) is 6.73. The summed E-state index contributed by atoms with van der Waals surface area (Å²) in [5.41, 5.74) is 20.8.